The van der Waals surface area contributed by atoms with E-state index in [0.717, 1.165) is 15.4 Å². The molecular formula is C27H37N3O6S. The van der Waals surface area contributed by atoms with E-state index in [1.54, 1.807) is 18.2 Å². The highest BCUT2D eigenvalue weighted by Gasteiger charge is 2.34. The summed E-state index contributed by atoms with van der Waals surface area (Å²) < 4.78 is 38.1. The van der Waals surface area contributed by atoms with Crippen molar-refractivity contribution in [3.63, 3.8) is 0 Å². The van der Waals surface area contributed by atoms with Crippen LogP contribution >= 0.6 is 0 Å². The van der Waals surface area contributed by atoms with Crippen LogP contribution in [0.3, 0.4) is 0 Å². The van der Waals surface area contributed by atoms with Crippen LogP contribution in [0.5, 0.6) is 11.5 Å². The van der Waals surface area contributed by atoms with E-state index in [1.165, 1.54) is 11.8 Å². The maximum absolute atomic E-state index is 13.8. The average molecular weight is 532 g/mol. The minimum absolute atomic E-state index is 0.0453. The van der Waals surface area contributed by atoms with E-state index in [-0.39, 0.29) is 25.0 Å². The summed E-state index contributed by atoms with van der Waals surface area (Å²) in [6, 6.07) is 11.7. The minimum Gasteiger partial charge on any atom is -0.454 e. The highest BCUT2D eigenvalue weighted by molar-refractivity contribution is 7.92. The fraction of sp³-hybridized carbons (Fsp3) is 0.481. The molecule has 1 aliphatic heterocycles. The first-order chi connectivity index (χ1) is 17.3. The first kappa shape index (κ1) is 28.3. The Morgan fingerprint density at radius 1 is 1.03 bits per heavy atom. The molecule has 3 rings (SSSR count). The van der Waals surface area contributed by atoms with Crippen molar-refractivity contribution in [1.29, 1.82) is 0 Å². The SMILES string of the molecule is CC[C@@H](C(=O)NC(C)(C)C)N(Cc1ccc(C)cc1)C(=O)CN(c1ccc2c(c1)OCO2)S(=O)(=O)CC. The molecule has 0 aliphatic carbocycles. The van der Waals surface area contributed by atoms with Crippen LogP contribution in [-0.4, -0.2) is 55.8 Å². The van der Waals surface area contributed by atoms with Gasteiger partial charge in [-0.3, -0.25) is 13.9 Å². The number of fused-ring (bicyclic) bond motifs is 1. The zero-order valence-corrected chi connectivity index (χ0v) is 23.2. The molecule has 0 spiro atoms. The lowest BCUT2D eigenvalue weighted by molar-refractivity contribution is -0.141. The summed E-state index contributed by atoms with van der Waals surface area (Å²) >= 11 is 0. The van der Waals surface area contributed by atoms with Crippen LogP contribution in [-0.2, 0) is 26.2 Å². The number of amides is 2. The summed E-state index contributed by atoms with van der Waals surface area (Å²) in [6.07, 6.45) is 0.365. The summed E-state index contributed by atoms with van der Waals surface area (Å²) in [5.74, 6) is -0.0489. The second-order valence-corrected chi connectivity index (χ2v) is 12.3. The Hall–Kier alpha value is -3.27. The van der Waals surface area contributed by atoms with Crippen LogP contribution in [0.1, 0.15) is 52.2 Å². The number of rotatable bonds is 10. The van der Waals surface area contributed by atoms with E-state index in [0.29, 0.717) is 23.6 Å². The van der Waals surface area contributed by atoms with Gasteiger partial charge in [-0.25, -0.2) is 8.42 Å². The van der Waals surface area contributed by atoms with E-state index < -0.39 is 34.1 Å². The summed E-state index contributed by atoms with van der Waals surface area (Å²) in [7, 11) is -3.83. The van der Waals surface area contributed by atoms with Crippen molar-refractivity contribution in [2.45, 2.75) is 66.1 Å². The molecule has 0 aromatic heterocycles. The zero-order valence-electron chi connectivity index (χ0n) is 22.4. The first-order valence-corrected chi connectivity index (χ1v) is 14.0. The van der Waals surface area contributed by atoms with Gasteiger partial charge < -0.3 is 19.7 Å². The highest BCUT2D eigenvalue weighted by Crippen LogP contribution is 2.36. The van der Waals surface area contributed by atoms with Crippen LogP contribution in [0.15, 0.2) is 42.5 Å². The van der Waals surface area contributed by atoms with Crippen LogP contribution in [0.2, 0.25) is 0 Å². The predicted octanol–water partition coefficient (Wildman–Crippen LogP) is 3.60. The van der Waals surface area contributed by atoms with Gasteiger partial charge in [0.05, 0.1) is 11.4 Å². The second kappa shape index (κ2) is 11.4. The van der Waals surface area contributed by atoms with Gasteiger partial charge in [0.2, 0.25) is 28.6 Å². The molecule has 0 saturated heterocycles. The van der Waals surface area contributed by atoms with Gasteiger partial charge in [0, 0.05) is 18.2 Å². The van der Waals surface area contributed by atoms with Gasteiger partial charge in [0.1, 0.15) is 12.6 Å². The van der Waals surface area contributed by atoms with Crippen molar-refractivity contribution in [3.05, 3.63) is 53.6 Å². The number of anilines is 1. The molecule has 2 aromatic carbocycles. The van der Waals surface area contributed by atoms with E-state index >= 15 is 0 Å². The molecular weight excluding hydrogens is 494 g/mol. The first-order valence-electron chi connectivity index (χ1n) is 12.4. The average Bonchev–Trinajstić information content (AvgIpc) is 3.30. The molecule has 37 heavy (non-hydrogen) atoms. The zero-order chi connectivity index (χ0) is 27.4. The van der Waals surface area contributed by atoms with Crippen molar-refractivity contribution < 1.29 is 27.5 Å². The molecule has 9 nitrogen and oxygen atoms in total. The van der Waals surface area contributed by atoms with Gasteiger partial charge in [0.15, 0.2) is 11.5 Å². The van der Waals surface area contributed by atoms with Crippen molar-refractivity contribution >= 4 is 27.5 Å². The van der Waals surface area contributed by atoms with Gasteiger partial charge in [0.25, 0.3) is 0 Å². The maximum Gasteiger partial charge on any atom is 0.244 e. The third-order valence-electron chi connectivity index (χ3n) is 5.98. The number of hydrogen-bond acceptors (Lipinski definition) is 6. The van der Waals surface area contributed by atoms with E-state index in [4.69, 9.17) is 9.47 Å². The number of sulfonamides is 1. The normalized spacial score (nSPS) is 13.7. The van der Waals surface area contributed by atoms with Crippen molar-refractivity contribution in [3.8, 4) is 11.5 Å². The van der Waals surface area contributed by atoms with Gasteiger partial charge >= 0.3 is 0 Å². The van der Waals surface area contributed by atoms with Gasteiger partial charge in [-0.2, -0.15) is 0 Å². The van der Waals surface area contributed by atoms with Crippen LogP contribution in [0, 0.1) is 6.92 Å². The molecule has 0 bridgehead atoms. The molecule has 0 unspecified atom stereocenters. The number of benzene rings is 2. The molecule has 0 radical (unpaired) electrons. The summed E-state index contributed by atoms with van der Waals surface area (Å²) in [5.41, 5.74) is 1.71. The highest BCUT2D eigenvalue weighted by atomic mass is 32.2. The fourth-order valence-corrected chi connectivity index (χ4v) is 5.08. The van der Waals surface area contributed by atoms with E-state index in [9.17, 15) is 18.0 Å². The summed E-state index contributed by atoms with van der Waals surface area (Å²) in [5, 5.41) is 2.96. The van der Waals surface area contributed by atoms with Gasteiger partial charge in [-0.05, 0) is 58.7 Å². The Bertz CT molecular complexity index is 1220. The van der Waals surface area contributed by atoms with Crippen molar-refractivity contribution in [2.75, 3.05) is 23.4 Å². The Kier molecular flexibility index (Phi) is 8.73. The number of nitrogens with zero attached hydrogens (tertiary/aromatic N) is 2. The number of aryl methyl sites for hydroxylation is 1. The third-order valence-corrected chi connectivity index (χ3v) is 7.72. The Balaban J connectivity index is 1.98. The molecule has 0 saturated carbocycles. The van der Waals surface area contributed by atoms with E-state index in [2.05, 4.69) is 5.32 Å². The van der Waals surface area contributed by atoms with Gasteiger partial charge in [-0.1, -0.05) is 36.8 Å². The van der Waals surface area contributed by atoms with E-state index in [1.807, 2.05) is 58.9 Å². The van der Waals surface area contributed by atoms with Crippen LogP contribution in [0.25, 0.3) is 0 Å². The second-order valence-electron chi connectivity index (χ2n) is 10.1. The predicted molar refractivity (Wildman–Crippen MR) is 143 cm³/mol. The topological polar surface area (TPSA) is 105 Å². The lowest BCUT2D eigenvalue weighted by Gasteiger charge is -2.34. The monoisotopic (exact) mass is 531 g/mol. The molecule has 0 fully saturated rings. The Labute approximate surface area is 219 Å². The number of hydrogen-bond donors (Lipinski definition) is 1. The van der Waals surface area contributed by atoms with Gasteiger partial charge in [-0.15, -0.1) is 0 Å². The maximum atomic E-state index is 13.8. The summed E-state index contributed by atoms with van der Waals surface area (Å²) in [4.78, 5) is 28.6. The lowest BCUT2D eigenvalue weighted by atomic mass is 10.1. The molecule has 2 aromatic rings. The fourth-order valence-electron chi connectivity index (χ4n) is 4.02. The molecule has 2 amide bonds. The Morgan fingerprint density at radius 3 is 2.27 bits per heavy atom. The number of nitrogens with one attached hydrogen (secondary N) is 1. The molecule has 10 heteroatoms. The lowest BCUT2D eigenvalue weighted by Crippen LogP contribution is -2.55. The van der Waals surface area contributed by atoms with Crippen molar-refractivity contribution in [1.82, 2.24) is 10.2 Å². The number of carbonyl (C=O) groups is 2. The standard InChI is InChI=1S/C27H37N3O6S/c1-7-22(26(32)28-27(4,5)6)29(16-20-11-9-19(3)10-12-20)25(31)17-30(37(33,34)8-2)21-13-14-23-24(15-21)36-18-35-23/h9-15,22H,7-8,16-18H2,1-6H3,(H,28,32)/t22-/m0/s1. The molecule has 1 heterocycles. The minimum atomic E-state index is -3.83. The van der Waals surface area contributed by atoms with Crippen molar-refractivity contribution in [2.24, 2.45) is 0 Å². The molecule has 1 atom stereocenters. The molecule has 202 valence electrons. The number of carbonyl (C=O) groups excluding carboxylic acids is 2. The largest absolute Gasteiger partial charge is 0.454 e. The molecule has 1 N–H and O–H groups in total. The Morgan fingerprint density at radius 2 is 1.68 bits per heavy atom. The number of ether oxygens (including phenoxy) is 2. The quantitative estimate of drug-likeness (QED) is 0.502. The van der Waals surface area contributed by atoms with Crippen LogP contribution in [0.4, 0.5) is 5.69 Å². The summed E-state index contributed by atoms with van der Waals surface area (Å²) in [6.45, 7) is 10.7. The third kappa shape index (κ3) is 7.15. The van der Waals surface area contributed by atoms with Crippen LogP contribution < -0.4 is 19.1 Å². The smallest absolute Gasteiger partial charge is 0.244 e. The molecule has 1 aliphatic rings.